The molecule has 0 spiro atoms. The van der Waals surface area contributed by atoms with Gasteiger partial charge >= 0.3 is 7.82 Å². The Morgan fingerprint density at radius 2 is 1.22 bits per heavy atom. The zero-order chi connectivity index (χ0) is 6.62. The summed E-state index contributed by atoms with van der Waals surface area (Å²) in [7, 11) is -3.87. The van der Waals surface area contributed by atoms with Crippen LogP contribution in [0.4, 0.5) is 0 Å². The predicted molar refractivity (Wildman–Crippen MR) is 34.2 cm³/mol. The van der Waals surface area contributed by atoms with Crippen LogP contribution in [0, 0.1) is 0 Å². The van der Waals surface area contributed by atoms with E-state index in [1.807, 2.05) is 0 Å². The van der Waals surface area contributed by atoms with Crippen molar-refractivity contribution in [1.82, 2.24) is 0 Å². The van der Waals surface area contributed by atoms with Gasteiger partial charge in [0.15, 0.2) is 0 Å². The maximum absolute atomic E-state index is 10.3. The number of phosphoric acid groups is 1. The first kappa shape index (κ1) is 13.8. The minimum atomic E-state index is -3.87. The molecule has 0 saturated heterocycles. The van der Waals surface area contributed by atoms with E-state index in [2.05, 4.69) is 47.8 Å². The fourth-order valence-electron chi connectivity index (χ4n) is 0.0319. The Balaban J connectivity index is 0. The maximum Gasteiger partial charge on any atom is 0.524 e. The van der Waals surface area contributed by atoms with Crippen LogP contribution in [0.25, 0.3) is 0 Å². The summed E-state index contributed by atoms with van der Waals surface area (Å²) in [6, 6.07) is 0. The summed E-state index contributed by atoms with van der Waals surface area (Å²) in [5, 5.41) is 0. The Kier molecular flexibility index (Phi) is 10.6. The summed E-state index contributed by atoms with van der Waals surface area (Å²) < 4.78 is 20.9. The minimum absolute atomic E-state index is 0. The average molecular weight is 241 g/mol. The molecule has 0 atom stereocenters. The van der Waals surface area contributed by atoms with Gasteiger partial charge in [-0.3, -0.25) is 0 Å². The van der Waals surface area contributed by atoms with Gasteiger partial charge in [-0.1, -0.05) is 0 Å². The van der Waals surface area contributed by atoms with Gasteiger partial charge < -0.3 is 0 Å². The van der Waals surface area contributed by atoms with E-state index in [0.717, 1.165) is 0 Å². The van der Waals surface area contributed by atoms with Crippen molar-refractivity contribution in [1.29, 1.82) is 0 Å². The number of hydrogen-bond acceptors (Lipinski definition) is 4. The average Bonchev–Trinajstić information content (AvgIpc) is 1.87. The summed E-state index contributed by atoms with van der Waals surface area (Å²) in [6.07, 6.45) is 0. The normalized spacial score (nSPS) is 10.6. The van der Waals surface area contributed by atoms with Crippen LogP contribution >= 0.6 is 43.4 Å². The first-order chi connectivity index (χ1) is 3.68. The summed E-state index contributed by atoms with van der Waals surface area (Å²) in [5.41, 5.74) is 0. The van der Waals surface area contributed by atoms with Crippen molar-refractivity contribution in [2.45, 2.75) is 0 Å². The van der Waals surface area contributed by atoms with Crippen molar-refractivity contribution in [2.24, 2.45) is 0 Å². The van der Waals surface area contributed by atoms with Crippen LogP contribution in [0.2, 0.25) is 0 Å². The molecule has 0 unspecified atom stereocenters. The van der Waals surface area contributed by atoms with E-state index in [1.165, 1.54) is 0 Å². The number of rotatable bonds is 3. The Hall–Kier alpha value is 2.24. The monoisotopic (exact) mass is 240 g/mol. The van der Waals surface area contributed by atoms with Crippen molar-refractivity contribution in [3.05, 3.63) is 0 Å². The van der Waals surface area contributed by atoms with E-state index in [9.17, 15) is 4.57 Å². The molecule has 0 aliphatic carbocycles. The van der Waals surface area contributed by atoms with Crippen LogP contribution in [0.3, 0.4) is 0 Å². The third kappa shape index (κ3) is 5.50. The van der Waals surface area contributed by atoms with E-state index >= 15 is 0 Å². The van der Waals surface area contributed by atoms with Crippen LogP contribution in [-0.2, 0) is 16.8 Å². The smallest absolute Gasteiger partial charge is 0.224 e. The summed E-state index contributed by atoms with van der Waals surface area (Å²) in [5.74, 6) is 0. The molecule has 4 nitrogen and oxygen atoms in total. The van der Waals surface area contributed by atoms with Crippen molar-refractivity contribution in [3.63, 3.8) is 0 Å². The molecule has 0 aromatic carbocycles. The SMILES string of the molecule is O=P(OCl)(OCl)OCl.[Ca]. The zero-order valence-electron chi connectivity index (χ0n) is 3.92. The van der Waals surface area contributed by atoms with Gasteiger partial charge in [0, 0.05) is 37.7 Å². The fourth-order valence-corrected chi connectivity index (χ4v) is 0.862. The number of hydrogen-bond donors (Lipinski definition) is 0. The van der Waals surface area contributed by atoms with Gasteiger partial charge in [-0.15, -0.1) is 0 Å². The molecule has 2 radical (unpaired) electrons. The summed E-state index contributed by atoms with van der Waals surface area (Å²) in [4.78, 5) is 0. The van der Waals surface area contributed by atoms with Gasteiger partial charge in [0.2, 0.25) is 0 Å². The summed E-state index contributed by atoms with van der Waals surface area (Å²) >= 11 is 13.6. The van der Waals surface area contributed by atoms with Gasteiger partial charge in [-0.25, -0.2) is 4.57 Å². The maximum atomic E-state index is 10.3. The van der Waals surface area contributed by atoms with Crippen LogP contribution in [0.15, 0.2) is 0 Å². The molecule has 0 bridgehead atoms. The minimum Gasteiger partial charge on any atom is -0.224 e. The Bertz CT molecular complexity index is 87.0. The quantitative estimate of drug-likeness (QED) is 0.561. The standard InChI is InChI=1S/Ca.Cl3O4P/c;1-5-8(4,6-2)7-3. The van der Waals surface area contributed by atoms with E-state index < -0.39 is 7.82 Å². The Morgan fingerprint density at radius 3 is 1.22 bits per heavy atom. The molecule has 0 fully saturated rings. The molecule has 0 saturated carbocycles. The van der Waals surface area contributed by atoms with Crippen molar-refractivity contribution in [2.75, 3.05) is 0 Å². The van der Waals surface area contributed by atoms with E-state index in [-0.39, 0.29) is 37.7 Å². The van der Waals surface area contributed by atoms with Crippen molar-refractivity contribution < 1.29 is 16.8 Å². The first-order valence-electron chi connectivity index (χ1n) is 1.19. The Labute approximate surface area is 96.8 Å². The molecule has 0 aliphatic heterocycles. The molecule has 0 aromatic heterocycles. The van der Waals surface area contributed by atoms with Gasteiger partial charge in [0.05, 0.1) is 35.6 Å². The van der Waals surface area contributed by atoms with E-state index in [4.69, 9.17) is 0 Å². The third-order valence-corrected chi connectivity index (χ3v) is 2.28. The molecule has 52 valence electrons. The van der Waals surface area contributed by atoms with Crippen LogP contribution in [0.5, 0.6) is 0 Å². The van der Waals surface area contributed by atoms with Gasteiger partial charge in [-0.2, -0.15) is 12.2 Å². The van der Waals surface area contributed by atoms with Gasteiger partial charge in [-0.05, 0) is 0 Å². The second-order valence-electron chi connectivity index (χ2n) is 0.654. The molecule has 0 heterocycles. The third-order valence-electron chi connectivity index (χ3n) is 0.254. The second-order valence-corrected chi connectivity index (χ2v) is 3.20. The molecule has 0 aliphatic rings. The Morgan fingerprint density at radius 1 is 1.00 bits per heavy atom. The van der Waals surface area contributed by atoms with Crippen LogP contribution in [-0.4, -0.2) is 37.7 Å². The number of halogens is 3. The molecule has 0 rings (SSSR count). The molecule has 0 N–H and O–H groups in total. The van der Waals surface area contributed by atoms with E-state index in [0.29, 0.717) is 0 Å². The van der Waals surface area contributed by atoms with Crippen molar-refractivity contribution >= 4 is 81.2 Å². The molecular weight excluding hydrogens is 241 g/mol. The molecule has 9 heteroatoms. The van der Waals surface area contributed by atoms with Crippen LogP contribution in [0.1, 0.15) is 0 Å². The van der Waals surface area contributed by atoms with Gasteiger partial charge in [0.25, 0.3) is 0 Å². The zero-order valence-corrected chi connectivity index (χ0v) is 9.29. The predicted octanol–water partition coefficient (Wildman–Crippen LogP) is 2.22. The van der Waals surface area contributed by atoms with Gasteiger partial charge in [0.1, 0.15) is 0 Å². The van der Waals surface area contributed by atoms with E-state index in [1.54, 1.807) is 0 Å². The summed E-state index contributed by atoms with van der Waals surface area (Å²) in [6.45, 7) is 0. The molecule has 0 aromatic rings. The first-order valence-corrected chi connectivity index (χ1v) is 3.58. The largest absolute Gasteiger partial charge is 0.524 e. The van der Waals surface area contributed by atoms with Crippen LogP contribution < -0.4 is 0 Å². The second kappa shape index (κ2) is 6.92. The molecule has 0 amide bonds. The molecule has 9 heavy (non-hydrogen) atoms. The topological polar surface area (TPSA) is 44.8 Å². The molecular formula is CaCl3O4P. The van der Waals surface area contributed by atoms with Crippen molar-refractivity contribution in [3.8, 4) is 0 Å². The fraction of sp³-hybridized carbons (Fsp3) is 0.